The molecule has 1 aliphatic carbocycles. The molecule has 1 aliphatic rings. The molecule has 0 saturated heterocycles. The van der Waals surface area contributed by atoms with Crippen molar-refractivity contribution in [3.05, 3.63) is 35.9 Å². The van der Waals surface area contributed by atoms with Gasteiger partial charge in [0.2, 0.25) is 0 Å². The lowest BCUT2D eigenvalue weighted by molar-refractivity contribution is -0.149. The van der Waals surface area contributed by atoms with Gasteiger partial charge in [-0.05, 0) is 37.8 Å². The molecule has 2 rings (SSSR count). The van der Waals surface area contributed by atoms with E-state index in [0.29, 0.717) is 11.5 Å². The van der Waals surface area contributed by atoms with Gasteiger partial charge in [-0.2, -0.15) is 0 Å². The van der Waals surface area contributed by atoms with Crippen molar-refractivity contribution < 1.29 is 23.9 Å². The molecule has 0 heterocycles. The molecule has 28 heavy (non-hydrogen) atoms. The van der Waals surface area contributed by atoms with Crippen molar-refractivity contribution >= 4 is 23.8 Å². The molecule has 0 radical (unpaired) electrons. The van der Waals surface area contributed by atoms with Crippen LogP contribution in [0.1, 0.15) is 49.9 Å². The number of esters is 1. The Balaban J connectivity index is 1.70. The first kappa shape index (κ1) is 21.4. The zero-order valence-corrected chi connectivity index (χ0v) is 16.2. The largest absolute Gasteiger partial charge is 0.454 e. The number of rotatable bonds is 6. The number of nitrogens with one attached hydrogen (secondary N) is 3. The summed E-state index contributed by atoms with van der Waals surface area (Å²) in [6.07, 6.45) is 4.13. The monoisotopic (exact) mass is 389 g/mol. The third kappa shape index (κ3) is 6.68. The molecule has 3 unspecified atom stereocenters. The average molecular weight is 389 g/mol. The molecular weight excluding hydrogens is 362 g/mol. The quantitative estimate of drug-likeness (QED) is 0.642. The lowest BCUT2D eigenvalue weighted by atomic mass is 9.86. The van der Waals surface area contributed by atoms with Crippen molar-refractivity contribution in [2.45, 2.75) is 51.6 Å². The SMILES string of the molecule is CC(NC(=O)c1ccccc1)C(=O)OCC(=O)NC(=O)NC1CCCCC1C. The molecule has 0 aromatic heterocycles. The molecule has 1 fully saturated rings. The fourth-order valence-electron chi connectivity index (χ4n) is 3.09. The maximum Gasteiger partial charge on any atom is 0.328 e. The van der Waals surface area contributed by atoms with Crippen LogP contribution in [0.15, 0.2) is 30.3 Å². The van der Waals surface area contributed by atoms with Gasteiger partial charge >= 0.3 is 12.0 Å². The van der Waals surface area contributed by atoms with E-state index in [4.69, 9.17) is 4.74 Å². The zero-order valence-electron chi connectivity index (χ0n) is 16.2. The van der Waals surface area contributed by atoms with Gasteiger partial charge < -0.3 is 15.4 Å². The number of carbonyl (C=O) groups is 4. The Bertz CT molecular complexity index is 707. The van der Waals surface area contributed by atoms with Crippen molar-refractivity contribution in [2.24, 2.45) is 5.92 Å². The summed E-state index contributed by atoms with van der Waals surface area (Å²) in [5, 5.41) is 7.44. The Morgan fingerprint density at radius 1 is 1.11 bits per heavy atom. The predicted molar refractivity (Wildman–Crippen MR) is 102 cm³/mol. The van der Waals surface area contributed by atoms with Crippen LogP contribution in [0.3, 0.4) is 0 Å². The maximum atomic E-state index is 12.0. The number of benzene rings is 1. The summed E-state index contributed by atoms with van der Waals surface area (Å²) in [5.41, 5.74) is 0.411. The molecule has 8 nitrogen and oxygen atoms in total. The van der Waals surface area contributed by atoms with Gasteiger partial charge in [0.15, 0.2) is 6.61 Å². The zero-order chi connectivity index (χ0) is 20.5. The highest BCUT2D eigenvalue weighted by atomic mass is 16.5. The minimum atomic E-state index is -0.933. The van der Waals surface area contributed by atoms with Crippen LogP contribution in [-0.4, -0.2) is 42.5 Å². The van der Waals surface area contributed by atoms with Crippen molar-refractivity contribution in [1.29, 1.82) is 0 Å². The van der Waals surface area contributed by atoms with Gasteiger partial charge in [-0.1, -0.05) is 38.0 Å². The van der Waals surface area contributed by atoms with Gasteiger partial charge in [0, 0.05) is 11.6 Å². The Labute approximate surface area is 164 Å². The van der Waals surface area contributed by atoms with E-state index in [9.17, 15) is 19.2 Å². The highest BCUT2D eigenvalue weighted by Crippen LogP contribution is 2.23. The molecule has 152 valence electrons. The van der Waals surface area contributed by atoms with Crippen LogP contribution in [0, 0.1) is 5.92 Å². The van der Waals surface area contributed by atoms with Gasteiger partial charge in [-0.3, -0.25) is 14.9 Å². The molecule has 1 saturated carbocycles. The van der Waals surface area contributed by atoms with E-state index in [0.717, 1.165) is 25.7 Å². The molecule has 0 aliphatic heterocycles. The summed E-state index contributed by atoms with van der Waals surface area (Å²) < 4.78 is 4.87. The average Bonchev–Trinajstić information content (AvgIpc) is 2.68. The van der Waals surface area contributed by atoms with Crippen LogP contribution >= 0.6 is 0 Å². The van der Waals surface area contributed by atoms with E-state index in [1.807, 2.05) is 0 Å². The standard InChI is InChI=1S/C20H27N3O5/c1-13-8-6-7-11-16(13)22-20(27)23-17(24)12-28-19(26)14(2)21-18(25)15-9-4-3-5-10-15/h3-5,9-10,13-14,16H,6-8,11-12H2,1-2H3,(H,21,25)(H2,22,23,24,27). The summed E-state index contributed by atoms with van der Waals surface area (Å²) in [4.78, 5) is 47.7. The fourth-order valence-corrected chi connectivity index (χ4v) is 3.09. The second kappa shape index (κ2) is 10.4. The Kier molecular flexibility index (Phi) is 7.98. The summed E-state index contributed by atoms with van der Waals surface area (Å²) in [7, 11) is 0. The minimum absolute atomic E-state index is 0.0392. The van der Waals surface area contributed by atoms with Crippen LogP contribution in [0.25, 0.3) is 0 Å². The second-order valence-electron chi connectivity index (χ2n) is 7.06. The number of hydrogen-bond acceptors (Lipinski definition) is 5. The third-order valence-corrected chi connectivity index (χ3v) is 4.76. The number of carbonyl (C=O) groups excluding carboxylic acids is 4. The first-order chi connectivity index (χ1) is 13.4. The van der Waals surface area contributed by atoms with Crippen LogP contribution in [-0.2, 0) is 14.3 Å². The van der Waals surface area contributed by atoms with E-state index < -0.39 is 36.5 Å². The molecule has 8 heteroatoms. The smallest absolute Gasteiger partial charge is 0.328 e. The van der Waals surface area contributed by atoms with Gasteiger partial charge in [-0.15, -0.1) is 0 Å². The minimum Gasteiger partial charge on any atom is -0.454 e. The van der Waals surface area contributed by atoms with Crippen molar-refractivity contribution in [3.8, 4) is 0 Å². The number of ether oxygens (including phenoxy) is 1. The maximum absolute atomic E-state index is 12.0. The molecule has 3 atom stereocenters. The summed E-state index contributed by atoms with van der Waals surface area (Å²) in [5.74, 6) is -1.55. The highest BCUT2D eigenvalue weighted by molar-refractivity contribution is 5.98. The van der Waals surface area contributed by atoms with Crippen molar-refractivity contribution in [2.75, 3.05) is 6.61 Å². The Morgan fingerprint density at radius 2 is 1.79 bits per heavy atom. The first-order valence-electron chi connectivity index (χ1n) is 9.49. The Hall–Kier alpha value is -2.90. The molecular formula is C20H27N3O5. The predicted octanol–water partition coefficient (Wildman–Crippen LogP) is 1.75. The van der Waals surface area contributed by atoms with Gasteiger partial charge in [0.05, 0.1) is 0 Å². The molecule has 1 aromatic rings. The Morgan fingerprint density at radius 3 is 2.46 bits per heavy atom. The van der Waals surface area contributed by atoms with E-state index >= 15 is 0 Å². The number of amides is 4. The van der Waals surface area contributed by atoms with Crippen LogP contribution in [0.5, 0.6) is 0 Å². The molecule has 0 bridgehead atoms. The summed E-state index contributed by atoms with van der Waals surface area (Å²) in [6, 6.07) is 6.94. The van der Waals surface area contributed by atoms with Crippen LogP contribution < -0.4 is 16.0 Å². The number of imide groups is 1. The van der Waals surface area contributed by atoms with E-state index in [2.05, 4.69) is 22.9 Å². The lowest BCUT2D eigenvalue weighted by Gasteiger charge is -2.29. The normalized spacial score (nSPS) is 19.8. The van der Waals surface area contributed by atoms with Crippen LogP contribution in [0.2, 0.25) is 0 Å². The fraction of sp³-hybridized carbons (Fsp3) is 0.500. The molecule has 0 spiro atoms. The second-order valence-corrected chi connectivity index (χ2v) is 7.06. The summed E-state index contributed by atoms with van der Waals surface area (Å²) >= 11 is 0. The first-order valence-corrected chi connectivity index (χ1v) is 9.49. The van der Waals surface area contributed by atoms with Crippen molar-refractivity contribution in [1.82, 2.24) is 16.0 Å². The summed E-state index contributed by atoms with van der Waals surface area (Å²) in [6.45, 7) is 2.93. The highest BCUT2D eigenvalue weighted by Gasteiger charge is 2.24. The third-order valence-electron chi connectivity index (χ3n) is 4.76. The van der Waals surface area contributed by atoms with E-state index in [1.54, 1.807) is 30.3 Å². The van der Waals surface area contributed by atoms with E-state index in [-0.39, 0.29) is 6.04 Å². The van der Waals surface area contributed by atoms with Crippen LogP contribution in [0.4, 0.5) is 4.79 Å². The molecule has 1 aromatic carbocycles. The van der Waals surface area contributed by atoms with E-state index in [1.165, 1.54) is 6.92 Å². The van der Waals surface area contributed by atoms with Gasteiger partial charge in [-0.25, -0.2) is 9.59 Å². The number of urea groups is 1. The lowest BCUT2D eigenvalue weighted by Crippen LogP contribution is -2.49. The van der Waals surface area contributed by atoms with Gasteiger partial charge in [0.25, 0.3) is 11.8 Å². The number of hydrogen-bond donors (Lipinski definition) is 3. The topological polar surface area (TPSA) is 114 Å². The van der Waals surface area contributed by atoms with Crippen molar-refractivity contribution in [3.63, 3.8) is 0 Å². The molecule has 4 amide bonds. The van der Waals surface area contributed by atoms with Gasteiger partial charge in [0.1, 0.15) is 6.04 Å². The molecule has 3 N–H and O–H groups in total.